The zero-order chi connectivity index (χ0) is 18.2. The van der Waals surface area contributed by atoms with Crippen LogP contribution in [0, 0.1) is 0 Å². The zero-order valence-electron chi connectivity index (χ0n) is 15.3. The van der Waals surface area contributed by atoms with E-state index in [0.29, 0.717) is 18.3 Å². The number of guanidine groups is 1. The van der Waals surface area contributed by atoms with Crippen LogP contribution in [0.5, 0.6) is 0 Å². The van der Waals surface area contributed by atoms with Crippen LogP contribution in [-0.4, -0.2) is 27.9 Å². The van der Waals surface area contributed by atoms with Crippen molar-refractivity contribution in [1.82, 2.24) is 14.9 Å². The summed E-state index contributed by atoms with van der Waals surface area (Å²) in [5.41, 5.74) is 10.4. The molecule has 2 heterocycles. The van der Waals surface area contributed by atoms with Crippen LogP contribution in [0.15, 0.2) is 53.9 Å². The van der Waals surface area contributed by atoms with Crippen molar-refractivity contribution in [2.24, 2.45) is 10.7 Å². The van der Waals surface area contributed by atoms with Gasteiger partial charge < -0.3 is 10.6 Å². The van der Waals surface area contributed by atoms with Gasteiger partial charge in [0.05, 0.1) is 23.8 Å². The molecule has 0 spiro atoms. The van der Waals surface area contributed by atoms with Crippen LogP contribution in [0.4, 0.5) is 0 Å². The highest BCUT2D eigenvalue weighted by atomic mass is 15.3. The summed E-state index contributed by atoms with van der Waals surface area (Å²) in [6, 6.07) is 8.44. The Morgan fingerprint density at radius 3 is 2.72 bits per heavy atom. The Morgan fingerprint density at radius 2 is 2.04 bits per heavy atom. The minimum absolute atomic E-state index is 0.452. The van der Waals surface area contributed by atoms with Crippen molar-refractivity contribution >= 4 is 5.96 Å². The van der Waals surface area contributed by atoms with E-state index in [-0.39, 0.29) is 0 Å². The van der Waals surface area contributed by atoms with Gasteiger partial charge in [-0.25, -0.2) is 9.98 Å². The molecule has 25 heavy (non-hydrogen) atoms. The fourth-order valence-electron chi connectivity index (χ4n) is 3.01. The Kier molecular flexibility index (Phi) is 4.33. The summed E-state index contributed by atoms with van der Waals surface area (Å²) in [5.74, 6) is 0.919. The molecule has 1 aromatic carbocycles. The molecule has 1 atom stereocenters. The fourth-order valence-corrected chi connectivity index (χ4v) is 3.01. The van der Waals surface area contributed by atoms with Gasteiger partial charge in [0.2, 0.25) is 0 Å². The van der Waals surface area contributed by atoms with Crippen molar-refractivity contribution in [2.45, 2.75) is 38.6 Å². The lowest BCUT2D eigenvalue weighted by Gasteiger charge is -2.35. The number of nitrogens with two attached hydrogens (primary N) is 1. The maximum Gasteiger partial charge on any atom is 0.196 e. The van der Waals surface area contributed by atoms with E-state index in [4.69, 9.17) is 10.7 Å². The van der Waals surface area contributed by atoms with Crippen LogP contribution in [0.2, 0.25) is 0 Å². The molecule has 1 aromatic heterocycles. The molecule has 5 heteroatoms. The second-order valence-corrected chi connectivity index (χ2v) is 7.12. The normalized spacial score (nSPS) is 20.8. The first-order valence-electron chi connectivity index (χ1n) is 8.50. The summed E-state index contributed by atoms with van der Waals surface area (Å²) in [6.07, 6.45) is 4.22. The van der Waals surface area contributed by atoms with Gasteiger partial charge in [-0.05, 0) is 24.5 Å². The summed E-state index contributed by atoms with van der Waals surface area (Å²) >= 11 is 0. The monoisotopic (exact) mass is 335 g/mol. The molecule has 0 bridgehead atoms. The van der Waals surface area contributed by atoms with Crippen LogP contribution in [0.3, 0.4) is 0 Å². The summed E-state index contributed by atoms with van der Waals surface area (Å²) in [4.78, 5) is 15.7. The van der Waals surface area contributed by atoms with Crippen molar-refractivity contribution in [3.8, 4) is 11.3 Å². The Balaban J connectivity index is 2.03. The molecular formula is C20H25N5. The molecule has 2 N–H and O–H groups in total. The Hall–Kier alpha value is -2.69. The third kappa shape index (κ3) is 3.27. The Labute approximate surface area is 149 Å². The first-order chi connectivity index (χ1) is 11.8. The SMILES string of the molecule is C=C1C[C@@](C)(c2cncc(-c3cccc(C(C)C)c3)n2)N=C(N)N1C. The maximum atomic E-state index is 6.05. The summed E-state index contributed by atoms with van der Waals surface area (Å²) in [6.45, 7) is 10.5. The van der Waals surface area contributed by atoms with Crippen LogP contribution in [-0.2, 0) is 5.54 Å². The zero-order valence-corrected chi connectivity index (χ0v) is 15.3. The van der Waals surface area contributed by atoms with Crippen molar-refractivity contribution in [1.29, 1.82) is 0 Å². The van der Waals surface area contributed by atoms with Gasteiger partial charge in [-0.2, -0.15) is 0 Å². The molecular weight excluding hydrogens is 310 g/mol. The van der Waals surface area contributed by atoms with Crippen molar-refractivity contribution in [3.63, 3.8) is 0 Å². The molecule has 1 aliphatic rings. The minimum Gasteiger partial charge on any atom is -0.370 e. The molecule has 0 saturated heterocycles. The topological polar surface area (TPSA) is 67.4 Å². The number of benzene rings is 1. The molecule has 0 unspecified atom stereocenters. The Bertz CT molecular complexity index is 839. The number of aromatic nitrogens is 2. The minimum atomic E-state index is -0.549. The van der Waals surface area contributed by atoms with Gasteiger partial charge in [0.25, 0.3) is 0 Å². The van der Waals surface area contributed by atoms with Crippen LogP contribution >= 0.6 is 0 Å². The first-order valence-corrected chi connectivity index (χ1v) is 8.50. The van der Waals surface area contributed by atoms with Crippen LogP contribution in [0.1, 0.15) is 44.4 Å². The van der Waals surface area contributed by atoms with E-state index in [1.54, 1.807) is 12.4 Å². The van der Waals surface area contributed by atoms with E-state index in [1.807, 2.05) is 18.9 Å². The Morgan fingerprint density at radius 1 is 1.28 bits per heavy atom. The number of nitrogens with zero attached hydrogens (tertiary/aromatic N) is 4. The third-order valence-electron chi connectivity index (χ3n) is 4.76. The number of aliphatic imine (C=N–C) groups is 1. The van der Waals surface area contributed by atoms with Crippen molar-refractivity contribution in [3.05, 3.63) is 60.2 Å². The van der Waals surface area contributed by atoms with Gasteiger partial charge in [-0.1, -0.05) is 38.6 Å². The predicted octanol–water partition coefficient (Wildman–Crippen LogP) is 3.65. The van der Waals surface area contributed by atoms with E-state index in [1.165, 1.54) is 5.56 Å². The molecule has 1 aliphatic heterocycles. The molecule has 5 nitrogen and oxygen atoms in total. The van der Waals surface area contributed by atoms with Crippen molar-refractivity contribution in [2.75, 3.05) is 7.05 Å². The number of hydrogen-bond acceptors (Lipinski definition) is 5. The average molecular weight is 335 g/mol. The van der Waals surface area contributed by atoms with Gasteiger partial charge >= 0.3 is 0 Å². The lowest BCUT2D eigenvalue weighted by Crippen LogP contribution is -2.42. The molecule has 0 fully saturated rings. The first kappa shape index (κ1) is 17.1. The molecule has 0 radical (unpaired) electrons. The van der Waals surface area contributed by atoms with E-state index in [0.717, 1.165) is 22.6 Å². The largest absolute Gasteiger partial charge is 0.370 e. The lowest BCUT2D eigenvalue weighted by molar-refractivity contribution is 0.391. The molecule has 2 aromatic rings. The molecule has 0 amide bonds. The van der Waals surface area contributed by atoms with Crippen LogP contribution in [0.25, 0.3) is 11.3 Å². The van der Waals surface area contributed by atoms with Gasteiger partial charge in [0.15, 0.2) is 5.96 Å². The highest BCUT2D eigenvalue weighted by Crippen LogP contribution is 2.35. The standard InChI is InChI=1S/C20H25N5/c1-13(2)15-7-6-8-16(9-15)17-11-22-12-18(23-17)20(4)10-14(3)25(5)19(21)24-20/h6-9,11-13H,3,10H2,1-2,4-5H3,(H2,21,24)/t20-/m0/s1. The number of rotatable bonds is 3. The summed E-state index contributed by atoms with van der Waals surface area (Å²) < 4.78 is 0. The second-order valence-electron chi connectivity index (χ2n) is 7.12. The van der Waals surface area contributed by atoms with Gasteiger partial charge in [-0.15, -0.1) is 0 Å². The molecule has 3 rings (SSSR count). The highest BCUT2D eigenvalue weighted by molar-refractivity contribution is 5.81. The van der Waals surface area contributed by atoms with Gasteiger partial charge in [0.1, 0.15) is 5.54 Å². The van der Waals surface area contributed by atoms with E-state index in [2.05, 4.69) is 54.7 Å². The van der Waals surface area contributed by atoms with E-state index in [9.17, 15) is 0 Å². The quantitative estimate of drug-likeness (QED) is 0.930. The van der Waals surface area contributed by atoms with Gasteiger partial charge in [0, 0.05) is 24.7 Å². The predicted molar refractivity (Wildman–Crippen MR) is 102 cm³/mol. The summed E-state index contributed by atoms with van der Waals surface area (Å²) in [7, 11) is 1.88. The lowest BCUT2D eigenvalue weighted by atomic mass is 9.91. The molecule has 0 aliphatic carbocycles. The smallest absolute Gasteiger partial charge is 0.196 e. The highest BCUT2D eigenvalue weighted by Gasteiger charge is 2.34. The molecule has 130 valence electrons. The summed E-state index contributed by atoms with van der Waals surface area (Å²) in [5, 5.41) is 0. The second kappa shape index (κ2) is 6.31. The maximum absolute atomic E-state index is 6.05. The van der Waals surface area contributed by atoms with E-state index < -0.39 is 5.54 Å². The average Bonchev–Trinajstić information content (AvgIpc) is 2.60. The fraction of sp³-hybridized carbons (Fsp3) is 0.350. The van der Waals surface area contributed by atoms with E-state index >= 15 is 0 Å². The van der Waals surface area contributed by atoms with Gasteiger partial charge in [-0.3, -0.25) is 4.98 Å². The third-order valence-corrected chi connectivity index (χ3v) is 4.76. The van der Waals surface area contributed by atoms with Crippen molar-refractivity contribution < 1.29 is 0 Å². The molecule has 0 saturated carbocycles. The number of hydrogen-bond donors (Lipinski definition) is 1. The van der Waals surface area contributed by atoms with Crippen LogP contribution < -0.4 is 5.73 Å².